The van der Waals surface area contributed by atoms with E-state index in [9.17, 15) is 4.79 Å². The van der Waals surface area contributed by atoms with Crippen molar-refractivity contribution in [2.75, 3.05) is 27.2 Å². The van der Waals surface area contributed by atoms with Crippen LogP contribution in [0.4, 0.5) is 0 Å². The number of aryl methyl sites for hydroxylation is 1. The molecule has 100 valence electrons. The third-order valence-corrected chi connectivity index (χ3v) is 2.70. The first kappa shape index (κ1) is 14.4. The summed E-state index contributed by atoms with van der Waals surface area (Å²) < 4.78 is 5.18. The second-order valence-electron chi connectivity index (χ2n) is 4.15. The van der Waals surface area contributed by atoms with E-state index in [1.54, 1.807) is 19.1 Å². The Hall–Kier alpha value is -1.62. The summed E-state index contributed by atoms with van der Waals surface area (Å²) in [7, 11) is 3.42. The third kappa shape index (κ3) is 4.33. The molecule has 0 bridgehead atoms. The maximum absolute atomic E-state index is 11.6. The smallest absolute Gasteiger partial charge is 0.236 e. The van der Waals surface area contributed by atoms with Gasteiger partial charge in [-0.2, -0.15) is 0 Å². The fourth-order valence-electron chi connectivity index (χ4n) is 1.52. The number of nitrogens with zero attached hydrogens (tertiary/aromatic N) is 2. The summed E-state index contributed by atoms with van der Waals surface area (Å²) in [5, 5.41) is 3.09. The van der Waals surface area contributed by atoms with Crippen molar-refractivity contribution in [1.82, 2.24) is 15.2 Å². The van der Waals surface area contributed by atoms with E-state index in [0.29, 0.717) is 13.1 Å². The van der Waals surface area contributed by atoms with Crippen molar-refractivity contribution in [3.8, 4) is 5.75 Å². The van der Waals surface area contributed by atoms with Gasteiger partial charge in [-0.3, -0.25) is 9.78 Å². The molecule has 0 unspecified atom stereocenters. The van der Waals surface area contributed by atoms with Gasteiger partial charge in [0.25, 0.3) is 0 Å². The lowest BCUT2D eigenvalue weighted by Crippen LogP contribution is -2.35. The Kier molecular flexibility index (Phi) is 5.58. The topological polar surface area (TPSA) is 54.5 Å². The van der Waals surface area contributed by atoms with Gasteiger partial charge in [0, 0.05) is 38.0 Å². The molecule has 0 spiro atoms. The Labute approximate surface area is 108 Å². The van der Waals surface area contributed by atoms with Crippen LogP contribution in [0.3, 0.4) is 0 Å². The van der Waals surface area contributed by atoms with E-state index in [1.807, 2.05) is 26.0 Å². The zero-order valence-corrected chi connectivity index (χ0v) is 11.5. The van der Waals surface area contributed by atoms with E-state index in [0.717, 1.165) is 23.7 Å². The zero-order valence-electron chi connectivity index (χ0n) is 11.5. The largest absolute Gasteiger partial charge is 0.497 e. The van der Waals surface area contributed by atoms with Crippen molar-refractivity contribution in [1.29, 1.82) is 0 Å². The van der Waals surface area contributed by atoms with Crippen LogP contribution in [-0.4, -0.2) is 43.0 Å². The molecule has 0 saturated carbocycles. The number of likely N-dealkylation sites (N-methyl/N-ethyl adjacent to an activating group) is 1. The molecule has 0 aromatic carbocycles. The fraction of sp³-hybridized carbons (Fsp3) is 0.538. The summed E-state index contributed by atoms with van der Waals surface area (Å²) in [6.07, 6.45) is 0. The molecular formula is C13H21N3O2. The Morgan fingerprint density at radius 3 is 2.83 bits per heavy atom. The maximum Gasteiger partial charge on any atom is 0.236 e. The zero-order chi connectivity index (χ0) is 13.5. The Morgan fingerprint density at radius 1 is 1.50 bits per heavy atom. The summed E-state index contributed by atoms with van der Waals surface area (Å²) in [5.74, 6) is 0.869. The number of nitrogens with one attached hydrogen (secondary N) is 1. The molecule has 5 heteroatoms. The van der Waals surface area contributed by atoms with E-state index in [2.05, 4.69) is 10.3 Å². The predicted octanol–water partition coefficient (Wildman–Crippen LogP) is 0.967. The van der Waals surface area contributed by atoms with Crippen LogP contribution in [0.25, 0.3) is 0 Å². The molecule has 1 aromatic heterocycles. The molecule has 0 aliphatic heterocycles. The molecule has 0 aliphatic rings. The van der Waals surface area contributed by atoms with Crippen molar-refractivity contribution >= 4 is 5.91 Å². The van der Waals surface area contributed by atoms with Crippen LogP contribution >= 0.6 is 0 Å². The molecule has 1 rings (SSSR count). The molecule has 18 heavy (non-hydrogen) atoms. The second-order valence-corrected chi connectivity index (χ2v) is 4.15. The first-order valence-electron chi connectivity index (χ1n) is 6.03. The van der Waals surface area contributed by atoms with E-state index < -0.39 is 0 Å². The van der Waals surface area contributed by atoms with Crippen molar-refractivity contribution in [3.63, 3.8) is 0 Å². The lowest BCUT2D eigenvalue weighted by atomic mass is 10.3. The van der Waals surface area contributed by atoms with Gasteiger partial charge in [-0.05, 0) is 13.8 Å². The molecular weight excluding hydrogens is 230 g/mol. The monoisotopic (exact) mass is 251 g/mol. The third-order valence-electron chi connectivity index (χ3n) is 2.70. The van der Waals surface area contributed by atoms with Gasteiger partial charge < -0.3 is 15.0 Å². The minimum atomic E-state index is 0.0807. The number of hydrogen-bond donors (Lipinski definition) is 1. The number of hydrogen-bond acceptors (Lipinski definition) is 4. The molecule has 5 nitrogen and oxygen atoms in total. The van der Waals surface area contributed by atoms with Crippen LogP contribution in [0.2, 0.25) is 0 Å². The Morgan fingerprint density at radius 2 is 2.22 bits per heavy atom. The molecule has 1 aromatic rings. The first-order chi connectivity index (χ1) is 8.56. The molecule has 1 heterocycles. The highest BCUT2D eigenvalue weighted by atomic mass is 16.5. The summed E-state index contributed by atoms with van der Waals surface area (Å²) in [4.78, 5) is 17.6. The summed E-state index contributed by atoms with van der Waals surface area (Å²) >= 11 is 0. The van der Waals surface area contributed by atoms with Crippen LogP contribution in [0, 0.1) is 6.92 Å². The fourth-order valence-corrected chi connectivity index (χ4v) is 1.52. The first-order valence-corrected chi connectivity index (χ1v) is 6.03. The quantitative estimate of drug-likeness (QED) is 0.818. The van der Waals surface area contributed by atoms with E-state index in [-0.39, 0.29) is 5.91 Å². The number of pyridine rings is 1. The Balaban J connectivity index is 2.49. The standard InChI is InChI=1S/C13H21N3O2/c1-5-16(3)13(17)9-14-8-11-7-12(18-4)6-10(2)15-11/h6-7,14H,5,8-9H2,1-4H3. The predicted molar refractivity (Wildman–Crippen MR) is 70.5 cm³/mol. The normalized spacial score (nSPS) is 10.2. The van der Waals surface area contributed by atoms with Gasteiger partial charge in [-0.25, -0.2) is 0 Å². The number of carbonyl (C=O) groups excluding carboxylic acids is 1. The van der Waals surface area contributed by atoms with Crippen LogP contribution in [0.1, 0.15) is 18.3 Å². The SMILES string of the molecule is CCN(C)C(=O)CNCc1cc(OC)cc(C)n1. The van der Waals surface area contributed by atoms with Crippen molar-refractivity contribution in [3.05, 3.63) is 23.5 Å². The number of rotatable bonds is 6. The lowest BCUT2D eigenvalue weighted by molar-refractivity contribution is -0.128. The van der Waals surface area contributed by atoms with Crippen molar-refractivity contribution in [2.45, 2.75) is 20.4 Å². The van der Waals surface area contributed by atoms with E-state index in [1.165, 1.54) is 0 Å². The minimum absolute atomic E-state index is 0.0807. The van der Waals surface area contributed by atoms with Crippen LogP contribution in [0.5, 0.6) is 5.75 Å². The highest BCUT2D eigenvalue weighted by Gasteiger charge is 2.06. The summed E-state index contributed by atoms with van der Waals surface area (Å²) in [6.45, 7) is 5.47. The maximum atomic E-state index is 11.6. The Bertz CT molecular complexity index is 407. The molecule has 0 atom stereocenters. The van der Waals surface area contributed by atoms with Gasteiger partial charge in [-0.1, -0.05) is 0 Å². The van der Waals surface area contributed by atoms with E-state index >= 15 is 0 Å². The molecule has 0 fully saturated rings. The van der Waals surface area contributed by atoms with Crippen molar-refractivity contribution < 1.29 is 9.53 Å². The lowest BCUT2D eigenvalue weighted by Gasteiger charge is -2.14. The number of amides is 1. The average molecular weight is 251 g/mol. The number of aromatic nitrogens is 1. The van der Waals surface area contributed by atoms with E-state index in [4.69, 9.17) is 4.74 Å². The molecule has 0 radical (unpaired) electrons. The highest BCUT2D eigenvalue weighted by molar-refractivity contribution is 5.77. The van der Waals surface area contributed by atoms with Gasteiger partial charge in [0.05, 0.1) is 19.3 Å². The van der Waals surface area contributed by atoms with Gasteiger partial charge in [0.2, 0.25) is 5.91 Å². The number of methoxy groups -OCH3 is 1. The van der Waals surface area contributed by atoms with Gasteiger partial charge in [-0.15, -0.1) is 0 Å². The van der Waals surface area contributed by atoms with Crippen LogP contribution < -0.4 is 10.1 Å². The summed E-state index contributed by atoms with van der Waals surface area (Å²) in [6, 6.07) is 3.74. The highest BCUT2D eigenvalue weighted by Crippen LogP contribution is 2.12. The molecule has 0 aliphatic carbocycles. The molecule has 1 N–H and O–H groups in total. The van der Waals surface area contributed by atoms with Gasteiger partial charge in [0.15, 0.2) is 0 Å². The van der Waals surface area contributed by atoms with Crippen LogP contribution in [0.15, 0.2) is 12.1 Å². The second kappa shape index (κ2) is 6.96. The molecule has 0 saturated heterocycles. The van der Waals surface area contributed by atoms with Crippen molar-refractivity contribution in [2.24, 2.45) is 0 Å². The number of ether oxygens (including phenoxy) is 1. The van der Waals surface area contributed by atoms with Crippen LogP contribution in [-0.2, 0) is 11.3 Å². The average Bonchev–Trinajstić information content (AvgIpc) is 2.36. The van der Waals surface area contributed by atoms with Gasteiger partial charge in [0.1, 0.15) is 5.75 Å². The molecule has 1 amide bonds. The number of carbonyl (C=O) groups is 1. The minimum Gasteiger partial charge on any atom is -0.497 e. The van der Waals surface area contributed by atoms with Gasteiger partial charge >= 0.3 is 0 Å². The summed E-state index contributed by atoms with van der Waals surface area (Å²) in [5.41, 5.74) is 1.78.